The van der Waals surface area contributed by atoms with E-state index in [0.717, 1.165) is 0 Å². The van der Waals surface area contributed by atoms with Crippen LogP contribution in [0.5, 0.6) is 0 Å². The molecule has 1 aliphatic rings. The number of carbonyl (C=O) groups excluding carboxylic acids is 3. The van der Waals surface area contributed by atoms with E-state index in [1.54, 1.807) is 35.4 Å². The molecule has 3 amide bonds. The number of rotatable bonds is 3. The second-order valence-corrected chi connectivity index (χ2v) is 5.57. The number of nitrogens with zero attached hydrogens (tertiary/aromatic N) is 3. The lowest BCUT2D eigenvalue weighted by atomic mass is 10.2. The minimum atomic E-state index is -0.670. The summed E-state index contributed by atoms with van der Waals surface area (Å²) in [6.07, 6.45) is 3.07. The first-order chi connectivity index (χ1) is 12.1. The second-order valence-electron chi connectivity index (χ2n) is 5.57. The van der Waals surface area contributed by atoms with Gasteiger partial charge in [0.05, 0.1) is 18.5 Å². The van der Waals surface area contributed by atoms with E-state index in [9.17, 15) is 14.4 Å². The lowest BCUT2D eigenvalue weighted by Crippen LogP contribution is -2.53. The zero-order chi connectivity index (χ0) is 17.6. The van der Waals surface area contributed by atoms with E-state index in [-0.39, 0.29) is 18.2 Å². The first-order valence-electron chi connectivity index (χ1n) is 7.95. The maximum atomic E-state index is 12.2. The van der Waals surface area contributed by atoms with Crippen LogP contribution in [0.3, 0.4) is 0 Å². The summed E-state index contributed by atoms with van der Waals surface area (Å²) >= 11 is 0. The van der Waals surface area contributed by atoms with E-state index in [4.69, 9.17) is 4.42 Å². The molecule has 0 spiro atoms. The first kappa shape index (κ1) is 16.7. The molecule has 0 bridgehead atoms. The predicted molar refractivity (Wildman–Crippen MR) is 87.3 cm³/mol. The van der Waals surface area contributed by atoms with Crippen molar-refractivity contribution in [2.45, 2.75) is 6.54 Å². The van der Waals surface area contributed by atoms with Crippen molar-refractivity contribution >= 4 is 17.7 Å². The Kier molecular flexibility index (Phi) is 5.08. The van der Waals surface area contributed by atoms with Crippen LogP contribution in [0, 0.1) is 0 Å². The van der Waals surface area contributed by atoms with Crippen molar-refractivity contribution in [3.63, 3.8) is 0 Å². The Hall–Kier alpha value is -3.16. The zero-order valence-corrected chi connectivity index (χ0v) is 13.6. The molecule has 0 atom stereocenters. The summed E-state index contributed by atoms with van der Waals surface area (Å²) in [6, 6.07) is 8.61. The minimum absolute atomic E-state index is 0.197. The first-order valence-corrected chi connectivity index (χ1v) is 7.95. The average Bonchev–Trinajstić information content (AvgIpc) is 3.20. The molecule has 0 saturated carbocycles. The Morgan fingerprint density at radius 1 is 1.04 bits per heavy atom. The summed E-state index contributed by atoms with van der Waals surface area (Å²) in [4.78, 5) is 43.5. The molecule has 25 heavy (non-hydrogen) atoms. The molecule has 1 fully saturated rings. The van der Waals surface area contributed by atoms with Crippen molar-refractivity contribution in [3.8, 4) is 0 Å². The molecule has 8 heteroatoms. The Morgan fingerprint density at radius 3 is 2.44 bits per heavy atom. The second kappa shape index (κ2) is 7.61. The SMILES string of the molecule is O=C(NCc1ccccn1)C(=O)N1CCN(C(=O)c2ccco2)CC1. The summed E-state index contributed by atoms with van der Waals surface area (Å²) in [7, 11) is 0. The summed E-state index contributed by atoms with van der Waals surface area (Å²) in [5.41, 5.74) is 0.678. The van der Waals surface area contributed by atoms with Gasteiger partial charge in [0, 0.05) is 32.4 Å². The lowest BCUT2D eigenvalue weighted by Gasteiger charge is -2.33. The van der Waals surface area contributed by atoms with Crippen LogP contribution in [0.25, 0.3) is 0 Å². The van der Waals surface area contributed by atoms with Crippen LogP contribution in [-0.2, 0) is 16.1 Å². The third-order valence-corrected chi connectivity index (χ3v) is 3.94. The lowest BCUT2D eigenvalue weighted by molar-refractivity contribution is -0.146. The van der Waals surface area contributed by atoms with Crippen molar-refractivity contribution < 1.29 is 18.8 Å². The van der Waals surface area contributed by atoms with Gasteiger partial charge in [0.25, 0.3) is 5.91 Å². The Labute approximate surface area is 144 Å². The molecule has 1 aliphatic heterocycles. The van der Waals surface area contributed by atoms with Crippen LogP contribution in [0.4, 0.5) is 0 Å². The molecule has 0 aliphatic carbocycles. The molecule has 2 aromatic rings. The van der Waals surface area contributed by atoms with E-state index in [1.165, 1.54) is 11.2 Å². The maximum absolute atomic E-state index is 12.2. The third-order valence-electron chi connectivity index (χ3n) is 3.94. The molecule has 0 radical (unpaired) electrons. The number of pyridine rings is 1. The molecule has 130 valence electrons. The van der Waals surface area contributed by atoms with Gasteiger partial charge in [0.1, 0.15) is 0 Å². The smallest absolute Gasteiger partial charge is 0.312 e. The molecule has 1 N–H and O–H groups in total. The van der Waals surface area contributed by atoms with E-state index in [2.05, 4.69) is 10.3 Å². The van der Waals surface area contributed by atoms with Gasteiger partial charge in [-0.25, -0.2) is 0 Å². The molecule has 3 rings (SSSR count). The molecule has 1 saturated heterocycles. The number of nitrogens with one attached hydrogen (secondary N) is 1. The molecular formula is C17H18N4O4. The Morgan fingerprint density at radius 2 is 1.80 bits per heavy atom. The van der Waals surface area contributed by atoms with Crippen LogP contribution in [0.15, 0.2) is 47.2 Å². The molecular weight excluding hydrogens is 324 g/mol. The molecule has 8 nitrogen and oxygen atoms in total. The highest BCUT2D eigenvalue weighted by Crippen LogP contribution is 2.09. The highest BCUT2D eigenvalue weighted by atomic mass is 16.3. The Balaban J connectivity index is 1.48. The maximum Gasteiger partial charge on any atom is 0.312 e. The van der Waals surface area contributed by atoms with Crippen LogP contribution < -0.4 is 5.32 Å². The largest absolute Gasteiger partial charge is 0.459 e. The van der Waals surface area contributed by atoms with Crippen molar-refractivity contribution in [2.75, 3.05) is 26.2 Å². The highest BCUT2D eigenvalue weighted by molar-refractivity contribution is 6.35. The molecule has 2 aromatic heterocycles. The zero-order valence-electron chi connectivity index (χ0n) is 13.6. The number of hydrogen-bond acceptors (Lipinski definition) is 5. The topological polar surface area (TPSA) is 95.8 Å². The quantitative estimate of drug-likeness (QED) is 0.808. The molecule has 3 heterocycles. The summed E-state index contributed by atoms with van der Waals surface area (Å²) in [5, 5.41) is 2.56. The monoisotopic (exact) mass is 342 g/mol. The van der Waals surface area contributed by atoms with Gasteiger partial charge in [-0.2, -0.15) is 0 Å². The van der Waals surface area contributed by atoms with Gasteiger partial charge in [-0.3, -0.25) is 19.4 Å². The predicted octanol–water partition coefficient (Wildman–Crippen LogP) is 0.275. The number of furan rings is 1. The average molecular weight is 342 g/mol. The number of amides is 3. The number of hydrogen-bond donors (Lipinski definition) is 1. The fourth-order valence-corrected chi connectivity index (χ4v) is 2.56. The van der Waals surface area contributed by atoms with Gasteiger partial charge >= 0.3 is 11.8 Å². The van der Waals surface area contributed by atoms with E-state index < -0.39 is 11.8 Å². The minimum Gasteiger partial charge on any atom is -0.459 e. The number of piperazine rings is 1. The summed E-state index contributed by atoms with van der Waals surface area (Å²) in [6.45, 7) is 1.53. The van der Waals surface area contributed by atoms with Gasteiger partial charge in [0.2, 0.25) is 0 Å². The van der Waals surface area contributed by atoms with E-state index >= 15 is 0 Å². The van der Waals surface area contributed by atoms with Crippen molar-refractivity contribution in [3.05, 3.63) is 54.2 Å². The molecule has 0 unspecified atom stereocenters. The van der Waals surface area contributed by atoms with Crippen LogP contribution >= 0.6 is 0 Å². The highest BCUT2D eigenvalue weighted by Gasteiger charge is 2.28. The third kappa shape index (κ3) is 4.03. The van der Waals surface area contributed by atoms with Gasteiger partial charge in [-0.15, -0.1) is 0 Å². The fraction of sp³-hybridized carbons (Fsp3) is 0.294. The van der Waals surface area contributed by atoms with Crippen molar-refractivity contribution in [2.24, 2.45) is 0 Å². The number of aromatic nitrogens is 1. The van der Waals surface area contributed by atoms with E-state index in [1.807, 2.05) is 6.07 Å². The van der Waals surface area contributed by atoms with Crippen LogP contribution in [0.2, 0.25) is 0 Å². The molecule has 0 aromatic carbocycles. The van der Waals surface area contributed by atoms with Gasteiger partial charge in [-0.1, -0.05) is 6.07 Å². The van der Waals surface area contributed by atoms with Crippen LogP contribution in [0.1, 0.15) is 16.2 Å². The standard InChI is InChI=1S/C17H18N4O4/c22-15(19-12-13-4-1-2-6-18-13)17(24)21-9-7-20(8-10-21)16(23)14-5-3-11-25-14/h1-6,11H,7-10,12H2,(H,19,22). The van der Waals surface area contributed by atoms with E-state index in [0.29, 0.717) is 31.9 Å². The van der Waals surface area contributed by atoms with Gasteiger partial charge in [0.15, 0.2) is 5.76 Å². The number of carbonyl (C=O) groups is 3. The van der Waals surface area contributed by atoms with Crippen LogP contribution in [-0.4, -0.2) is 58.7 Å². The van der Waals surface area contributed by atoms with Crippen molar-refractivity contribution in [1.29, 1.82) is 0 Å². The van der Waals surface area contributed by atoms with Gasteiger partial charge < -0.3 is 19.5 Å². The fourth-order valence-electron chi connectivity index (χ4n) is 2.56. The summed E-state index contributed by atoms with van der Waals surface area (Å²) < 4.78 is 5.09. The van der Waals surface area contributed by atoms with Crippen molar-refractivity contribution in [1.82, 2.24) is 20.1 Å². The normalized spacial score (nSPS) is 14.2. The van der Waals surface area contributed by atoms with Gasteiger partial charge in [-0.05, 0) is 24.3 Å². The summed E-state index contributed by atoms with van der Waals surface area (Å²) in [5.74, 6) is -1.21. The Bertz CT molecular complexity index is 737.